The average Bonchev–Trinajstić information content (AvgIpc) is 3.51. The number of fused-ring (bicyclic) bond motifs is 7. The maximum absolute atomic E-state index is 14.1. The summed E-state index contributed by atoms with van der Waals surface area (Å²) in [5.41, 5.74) is 7.78. The Labute approximate surface area is 364 Å². The zero-order chi connectivity index (χ0) is 43.3. The van der Waals surface area contributed by atoms with Crippen molar-refractivity contribution in [3.05, 3.63) is 39.9 Å². The Morgan fingerprint density at radius 3 is 2.30 bits per heavy atom. The molecule has 1 aromatic rings. The first-order valence-corrected chi connectivity index (χ1v) is 24.0. The third kappa shape index (κ3) is 7.92. The molecular formula is C50H74ClN3O6. The summed E-state index contributed by atoms with van der Waals surface area (Å²) < 4.78 is 6.35. The number of carboxylic acid groups (broad SMARTS) is 1. The number of nitrogens with two attached hydrogens (primary N) is 1. The highest BCUT2D eigenvalue weighted by atomic mass is 35.5. The van der Waals surface area contributed by atoms with Crippen LogP contribution in [-0.4, -0.2) is 61.3 Å². The van der Waals surface area contributed by atoms with Crippen LogP contribution in [0.1, 0.15) is 142 Å². The standard InChI is InChI=1S/C49H69ClN2O6.CH5N/c1-27(2)43-40(54)26-49(19-22-52-45(55)34-8-7-31(50)24-41(34)58-32-14-20-51-21-15-32)18-13-38-33(44(43)49)9-10-42-47(5)16-11-30(28(3)37(47)12-17-48(38,42)6)23-39(53)35-25-36(29(35)4)46(56)57;1-2/h7-8,24,27-30,32-33,35-38,42,51H,9-23,25-26H2,1-6H3,(H,52,55)(H,56,57);2H2,1H3. The molecule has 6 fully saturated rings. The molecule has 1 aromatic carbocycles. The molecule has 5 N–H and O–H groups in total. The lowest BCUT2D eigenvalue weighted by molar-refractivity contribution is -0.172. The number of ketones is 2. The van der Waals surface area contributed by atoms with Crippen molar-refractivity contribution in [2.75, 3.05) is 26.7 Å². The maximum Gasteiger partial charge on any atom is 0.306 e. The largest absolute Gasteiger partial charge is 0.489 e. The summed E-state index contributed by atoms with van der Waals surface area (Å²) >= 11 is 6.38. The van der Waals surface area contributed by atoms with E-state index < -0.39 is 5.97 Å². The molecule has 60 heavy (non-hydrogen) atoms. The molecular weight excluding hydrogens is 774 g/mol. The number of Topliss-reactive ketones (excluding diaryl/α,β-unsaturated/α-hetero) is 2. The second kappa shape index (κ2) is 17.8. The molecule has 1 aliphatic heterocycles. The van der Waals surface area contributed by atoms with E-state index in [1.165, 1.54) is 31.9 Å². The molecule has 0 spiro atoms. The van der Waals surface area contributed by atoms with Gasteiger partial charge in [0.15, 0.2) is 5.78 Å². The van der Waals surface area contributed by atoms with E-state index >= 15 is 0 Å². The summed E-state index contributed by atoms with van der Waals surface area (Å²) in [4.78, 5) is 53.0. The molecule has 5 saturated carbocycles. The molecule has 1 saturated heterocycles. The van der Waals surface area contributed by atoms with E-state index in [1.54, 1.807) is 18.2 Å². The second-order valence-electron chi connectivity index (χ2n) is 21.1. The molecule has 7 aliphatic rings. The summed E-state index contributed by atoms with van der Waals surface area (Å²) in [7, 11) is 1.50. The number of hydrogen-bond acceptors (Lipinski definition) is 7. The fourth-order valence-corrected chi connectivity index (χ4v) is 15.2. The number of carbonyl (C=O) groups excluding carboxylic acids is 3. The Balaban J connectivity index is 0.00000268. The van der Waals surface area contributed by atoms with Crippen molar-refractivity contribution in [2.45, 2.75) is 138 Å². The highest BCUT2D eigenvalue weighted by Crippen LogP contribution is 2.72. The minimum Gasteiger partial charge on any atom is -0.489 e. The van der Waals surface area contributed by atoms with Crippen molar-refractivity contribution >= 4 is 35.0 Å². The van der Waals surface area contributed by atoms with Crippen LogP contribution in [0.25, 0.3) is 0 Å². The van der Waals surface area contributed by atoms with Crippen LogP contribution in [0.15, 0.2) is 29.3 Å². The van der Waals surface area contributed by atoms with Gasteiger partial charge in [-0.15, -0.1) is 0 Å². The molecule has 0 radical (unpaired) electrons. The number of allylic oxidation sites excluding steroid dienone is 2. The van der Waals surface area contributed by atoms with E-state index in [0.717, 1.165) is 70.0 Å². The number of aliphatic carboxylic acids is 1. The topological polar surface area (TPSA) is 148 Å². The fourth-order valence-electron chi connectivity index (χ4n) is 15.1. The lowest BCUT2D eigenvalue weighted by Gasteiger charge is -2.67. The van der Waals surface area contributed by atoms with E-state index in [9.17, 15) is 24.3 Å². The van der Waals surface area contributed by atoms with E-state index in [1.807, 2.05) is 6.92 Å². The van der Waals surface area contributed by atoms with E-state index in [-0.39, 0.29) is 51.9 Å². The van der Waals surface area contributed by atoms with Crippen LogP contribution in [0.4, 0.5) is 0 Å². The van der Waals surface area contributed by atoms with Gasteiger partial charge in [0.1, 0.15) is 17.6 Å². The van der Waals surface area contributed by atoms with Crippen LogP contribution < -0.4 is 21.1 Å². The van der Waals surface area contributed by atoms with Crippen molar-refractivity contribution in [3.8, 4) is 5.75 Å². The first-order valence-electron chi connectivity index (χ1n) is 23.6. The summed E-state index contributed by atoms with van der Waals surface area (Å²) in [5, 5.41) is 16.7. The van der Waals surface area contributed by atoms with Crippen molar-refractivity contribution in [1.82, 2.24) is 10.6 Å². The van der Waals surface area contributed by atoms with Gasteiger partial charge in [-0.05, 0) is 179 Å². The van der Waals surface area contributed by atoms with Gasteiger partial charge in [-0.2, -0.15) is 0 Å². The van der Waals surface area contributed by atoms with Crippen LogP contribution in [-0.2, 0) is 14.4 Å². The number of halogens is 1. The number of amides is 1. The van der Waals surface area contributed by atoms with Crippen molar-refractivity contribution in [1.29, 1.82) is 0 Å². The van der Waals surface area contributed by atoms with Crippen LogP contribution in [0.2, 0.25) is 5.02 Å². The fraction of sp³-hybridized carbons (Fsp3) is 0.760. The van der Waals surface area contributed by atoms with Crippen LogP contribution in [0, 0.1) is 75.4 Å². The molecule has 0 aromatic heterocycles. The molecule has 12 unspecified atom stereocenters. The van der Waals surface area contributed by atoms with Gasteiger partial charge in [-0.3, -0.25) is 19.2 Å². The summed E-state index contributed by atoms with van der Waals surface area (Å²) in [6.45, 7) is 16.3. The highest BCUT2D eigenvalue weighted by Gasteiger charge is 2.65. The molecule has 332 valence electrons. The van der Waals surface area contributed by atoms with Gasteiger partial charge < -0.3 is 26.2 Å². The van der Waals surface area contributed by atoms with E-state index in [4.69, 9.17) is 16.3 Å². The quantitative estimate of drug-likeness (QED) is 0.172. The molecule has 1 amide bonds. The van der Waals surface area contributed by atoms with Gasteiger partial charge in [-0.1, -0.05) is 58.7 Å². The number of benzene rings is 1. The van der Waals surface area contributed by atoms with Crippen LogP contribution in [0.3, 0.4) is 0 Å². The first kappa shape index (κ1) is 45.3. The number of carbonyl (C=O) groups is 4. The lowest BCUT2D eigenvalue weighted by atomic mass is 9.37. The van der Waals surface area contributed by atoms with Gasteiger partial charge in [0.2, 0.25) is 0 Å². The Hall–Kier alpha value is -2.75. The van der Waals surface area contributed by atoms with Crippen molar-refractivity contribution in [3.63, 3.8) is 0 Å². The Kier molecular flexibility index (Phi) is 13.4. The summed E-state index contributed by atoms with van der Waals surface area (Å²) in [5.74, 6) is 2.94. The minimum absolute atomic E-state index is 0.0492. The normalized spacial score (nSPS) is 38.6. The molecule has 12 atom stereocenters. The molecule has 1 heterocycles. The molecule has 6 aliphatic carbocycles. The summed E-state index contributed by atoms with van der Waals surface area (Å²) in [6, 6.07) is 5.29. The predicted octanol–water partition coefficient (Wildman–Crippen LogP) is 9.30. The van der Waals surface area contributed by atoms with Gasteiger partial charge in [0.05, 0.1) is 11.5 Å². The number of piperidine rings is 1. The zero-order valence-electron chi connectivity index (χ0n) is 37.5. The monoisotopic (exact) mass is 848 g/mol. The Morgan fingerprint density at radius 1 is 0.933 bits per heavy atom. The lowest BCUT2D eigenvalue weighted by Crippen LogP contribution is -2.60. The molecule has 0 bridgehead atoms. The Morgan fingerprint density at radius 2 is 1.62 bits per heavy atom. The minimum atomic E-state index is -0.760. The van der Waals surface area contributed by atoms with Crippen molar-refractivity contribution < 1.29 is 29.0 Å². The number of ether oxygens (including phenoxy) is 1. The maximum atomic E-state index is 14.1. The van der Waals surface area contributed by atoms with Gasteiger partial charge in [0.25, 0.3) is 5.91 Å². The highest BCUT2D eigenvalue weighted by molar-refractivity contribution is 6.30. The van der Waals surface area contributed by atoms with Crippen molar-refractivity contribution in [2.24, 2.45) is 81.2 Å². The van der Waals surface area contributed by atoms with Gasteiger partial charge in [-0.25, -0.2) is 0 Å². The van der Waals surface area contributed by atoms with E-state index in [0.29, 0.717) is 89.2 Å². The smallest absolute Gasteiger partial charge is 0.306 e. The predicted molar refractivity (Wildman–Crippen MR) is 237 cm³/mol. The van der Waals surface area contributed by atoms with Gasteiger partial charge in [0, 0.05) is 35.7 Å². The molecule has 9 nitrogen and oxygen atoms in total. The first-order chi connectivity index (χ1) is 28.6. The van der Waals surface area contributed by atoms with Crippen LogP contribution in [0.5, 0.6) is 5.75 Å². The second-order valence-corrected chi connectivity index (χ2v) is 21.5. The van der Waals surface area contributed by atoms with Crippen LogP contribution >= 0.6 is 11.6 Å². The SMILES string of the molecule is CC(C)C1=C2C3CCC4C(C)(CCC5C(C)C(CC(=O)C6CC(C(=O)O)C6C)CCC54C)C3CCC2(CCNC(=O)c2ccc(Cl)cc2OC2CCNCC2)CC1=O.CN. The number of carboxylic acids is 1. The molecule has 10 heteroatoms. The zero-order valence-corrected chi connectivity index (χ0v) is 38.3. The van der Waals surface area contributed by atoms with E-state index in [2.05, 4.69) is 51.0 Å². The third-order valence-electron chi connectivity index (χ3n) is 18.1. The third-order valence-corrected chi connectivity index (χ3v) is 18.4. The molecule has 8 rings (SSSR count). The average molecular weight is 849 g/mol. The number of nitrogens with one attached hydrogen (secondary N) is 2. The number of hydrogen-bond donors (Lipinski definition) is 4. The summed E-state index contributed by atoms with van der Waals surface area (Å²) in [6.07, 6.45) is 13.4. The number of rotatable bonds is 11. The van der Waals surface area contributed by atoms with Gasteiger partial charge >= 0.3 is 5.97 Å². The Bertz CT molecular complexity index is 1840.